The zero-order valence-corrected chi connectivity index (χ0v) is 13.2. The lowest BCUT2D eigenvalue weighted by molar-refractivity contribution is 0.0691. The van der Waals surface area contributed by atoms with Gasteiger partial charge in [0, 0.05) is 17.5 Å². The highest BCUT2D eigenvalue weighted by Gasteiger charge is 2.17. The van der Waals surface area contributed by atoms with Gasteiger partial charge in [-0.2, -0.15) is 0 Å². The van der Waals surface area contributed by atoms with Gasteiger partial charge >= 0.3 is 5.97 Å². The number of hydrogen-bond acceptors (Lipinski definition) is 4. The Morgan fingerprint density at radius 1 is 1.29 bits per heavy atom. The van der Waals surface area contributed by atoms with Crippen molar-refractivity contribution < 1.29 is 14.3 Å². The van der Waals surface area contributed by atoms with Crippen LogP contribution < -0.4 is 0 Å². The van der Waals surface area contributed by atoms with Crippen molar-refractivity contribution in [2.24, 2.45) is 0 Å². The molecule has 0 aliphatic heterocycles. The number of halogens is 1. The zero-order valence-electron chi connectivity index (χ0n) is 13.2. The average Bonchev–Trinajstić information content (AvgIpc) is 3.04. The second kappa shape index (κ2) is 6.19. The molecule has 0 bridgehead atoms. The molecule has 6 nitrogen and oxygen atoms in total. The van der Waals surface area contributed by atoms with Crippen LogP contribution in [-0.2, 0) is 6.42 Å². The SMILES string of the molecule is CCc1c(C)nc(-c2ccccc2F)nc1-n1cnc(C(=O)O)c1. The van der Waals surface area contributed by atoms with Crippen molar-refractivity contribution in [3.63, 3.8) is 0 Å². The fraction of sp³-hybridized carbons (Fsp3) is 0.176. The maximum absolute atomic E-state index is 14.1. The summed E-state index contributed by atoms with van der Waals surface area (Å²) in [4.78, 5) is 23.7. The predicted molar refractivity (Wildman–Crippen MR) is 85.6 cm³/mol. The normalized spacial score (nSPS) is 10.8. The lowest BCUT2D eigenvalue weighted by Crippen LogP contribution is -2.07. The minimum Gasteiger partial charge on any atom is -0.476 e. The molecule has 3 aromatic rings. The van der Waals surface area contributed by atoms with Gasteiger partial charge in [0.25, 0.3) is 0 Å². The smallest absolute Gasteiger partial charge is 0.356 e. The van der Waals surface area contributed by atoms with E-state index >= 15 is 0 Å². The number of carbonyl (C=O) groups is 1. The van der Waals surface area contributed by atoms with E-state index in [1.807, 2.05) is 13.8 Å². The van der Waals surface area contributed by atoms with E-state index in [1.54, 1.807) is 18.2 Å². The Labute approximate surface area is 137 Å². The van der Waals surface area contributed by atoms with Gasteiger partial charge in [0.2, 0.25) is 0 Å². The summed E-state index contributed by atoms with van der Waals surface area (Å²) in [7, 11) is 0. The molecule has 7 heteroatoms. The maximum Gasteiger partial charge on any atom is 0.356 e. The first-order valence-corrected chi connectivity index (χ1v) is 7.41. The number of carboxylic acid groups (broad SMARTS) is 1. The second-order valence-corrected chi connectivity index (χ2v) is 5.24. The Balaban J connectivity index is 2.20. The molecule has 24 heavy (non-hydrogen) atoms. The van der Waals surface area contributed by atoms with Crippen molar-refractivity contribution in [1.29, 1.82) is 0 Å². The summed E-state index contributed by atoms with van der Waals surface area (Å²) < 4.78 is 15.6. The largest absolute Gasteiger partial charge is 0.476 e. The third-order valence-electron chi connectivity index (χ3n) is 3.71. The molecule has 0 amide bonds. The highest BCUT2D eigenvalue weighted by Crippen LogP contribution is 2.24. The molecule has 0 saturated heterocycles. The fourth-order valence-electron chi connectivity index (χ4n) is 2.52. The van der Waals surface area contributed by atoms with Crippen LogP contribution in [0.1, 0.15) is 28.7 Å². The standard InChI is InChI=1S/C17H15FN4O2/c1-3-11-10(2)20-15(12-6-4-5-7-13(12)18)21-16(11)22-8-14(17(23)24)19-9-22/h4-9H,3H2,1-2H3,(H,23,24). The molecular weight excluding hydrogens is 311 g/mol. The van der Waals surface area contributed by atoms with Crippen LogP contribution in [0.25, 0.3) is 17.2 Å². The number of aryl methyl sites for hydroxylation is 1. The third-order valence-corrected chi connectivity index (χ3v) is 3.71. The highest BCUT2D eigenvalue weighted by molar-refractivity contribution is 5.85. The zero-order chi connectivity index (χ0) is 17.3. The van der Waals surface area contributed by atoms with E-state index in [9.17, 15) is 9.18 Å². The van der Waals surface area contributed by atoms with Gasteiger partial charge in [-0.1, -0.05) is 19.1 Å². The Morgan fingerprint density at radius 2 is 2.04 bits per heavy atom. The number of aromatic carboxylic acids is 1. The van der Waals surface area contributed by atoms with Gasteiger partial charge in [0.15, 0.2) is 11.5 Å². The van der Waals surface area contributed by atoms with E-state index in [2.05, 4.69) is 15.0 Å². The van der Waals surface area contributed by atoms with Crippen LogP contribution in [0.5, 0.6) is 0 Å². The third kappa shape index (κ3) is 2.76. The first kappa shape index (κ1) is 15.8. The van der Waals surface area contributed by atoms with Crippen molar-refractivity contribution in [2.45, 2.75) is 20.3 Å². The van der Waals surface area contributed by atoms with Gasteiger partial charge in [-0.3, -0.25) is 4.57 Å². The van der Waals surface area contributed by atoms with Gasteiger partial charge in [-0.15, -0.1) is 0 Å². The average molecular weight is 326 g/mol. The van der Waals surface area contributed by atoms with Crippen LogP contribution in [-0.4, -0.2) is 30.6 Å². The maximum atomic E-state index is 14.1. The van der Waals surface area contributed by atoms with Crippen molar-refractivity contribution in [3.8, 4) is 17.2 Å². The van der Waals surface area contributed by atoms with E-state index in [-0.39, 0.29) is 11.5 Å². The minimum absolute atomic E-state index is 0.0826. The first-order valence-electron chi connectivity index (χ1n) is 7.41. The van der Waals surface area contributed by atoms with E-state index in [0.717, 1.165) is 5.56 Å². The molecule has 3 rings (SSSR count). The summed E-state index contributed by atoms with van der Waals surface area (Å²) in [6.07, 6.45) is 3.42. The van der Waals surface area contributed by atoms with Crippen molar-refractivity contribution in [3.05, 3.63) is 59.6 Å². The summed E-state index contributed by atoms with van der Waals surface area (Å²) in [5.74, 6) is -0.775. The van der Waals surface area contributed by atoms with Gasteiger partial charge in [0.1, 0.15) is 18.0 Å². The molecule has 0 unspecified atom stereocenters. The van der Waals surface area contributed by atoms with Gasteiger partial charge in [0.05, 0.1) is 5.56 Å². The first-order chi connectivity index (χ1) is 11.5. The van der Waals surface area contributed by atoms with E-state index in [1.165, 1.54) is 23.2 Å². The van der Waals surface area contributed by atoms with Crippen LogP contribution in [0.3, 0.4) is 0 Å². The molecule has 0 aliphatic carbocycles. The summed E-state index contributed by atoms with van der Waals surface area (Å²) in [5, 5.41) is 9.04. The molecule has 0 radical (unpaired) electrons. The van der Waals surface area contributed by atoms with Crippen molar-refractivity contribution >= 4 is 5.97 Å². The van der Waals surface area contributed by atoms with Crippen molar-refractivity contribution in [1.82, 2.24) is 19.5 Å². The number of rotatable bonds is 4. The molecule has 0 aliphatic rings. The van der Waals surface area contributed by atoms with Crippen LogP contribution in [0.15, 0.2) is 36.8 Å². The minimum atomic E-state index is -1.12. The van der Waals surface area contributed by atoms with Crippen molar-refractivity contribution in [2.75, 3.05) is 0 Å². The number of benzene rings is 1. The predicted octanol–water partition coefficient (Wildman–Crippen LogP) is 3.04. The summed E-state index contributed by atoms with van der Waals surface area (Å²) in [5.41, 5.74) is 1.78. The number of nitrogens with zero attached hydrogens (tertiary/aromatic N) is 4. The molecule has 2 aromatic heterocycles. The Morgan fingerprint density at radius 3 is 2.67 bits per heavy atom. The van der Waals surface area contributed by atoms with E-state index < -0.39 is 11.8 Å². The summed E-state index contributed by atoms with van der Waals surface area (Å²) >= 11 is 0. The Kier molecular flexibility index (Phi) is 4.07. The summed E-state index contributed by atoms with van der Waals surface area (Å²) in [6, 6.07) is 6.27. The number of aromatic nitrogens is 4. The topological polar surface area (TPSA) is 80.9 Å². The molecule has 2 heterocycles. The second-order valence-electron chi connectivity index (χ2n) is 5.24. The summed E-state index contributed by atoms with van der Waals surface area (Å²) in [6.45, 7) is 3.77. The monoisotopic (exact) mass is 326 g/mol. The molecule has 1 N–H and O–H groups in total. The number of imidazole rings is 1. The van der Waals surface area contributed by atoms with Gasteiger partial charge in [-0.05, 0) is 25.5 Å². The molecule has 0 spiro atoms. The lowest BCUT2D eigenvalue weighted by Gasteiger charge is -2.13. The molecule has 1 aromatic carbocycles. The highest BCUT2D eigenvalue weighted by atomic mass is 19.1. The molecule has 0 saturated carbocycles. The quantitative estimate of drug-likeness (QED) is 0.797. The van der Waals surface area contributed by atoms with Crippen LogP contribution in [0, 0.1) is 12.7 Å². The lowest BCUT2D eigenvalue weighted by atomic mass is 10.1. The molecule has 0 atom stereocenters. The number of carboxylic acids is 1. The number of hydrogen-bond donors (Lipinski definition) is 1. The van der Waals surface area contributed by atoms with Crippen LogP contribution in [0.4, 0.5) is 4.39 Å². The van der Waals surface area contributed by atoms with E-state index in [4.69, 9.17) is 5.11 Å². The Bertz CT molecular complexity index is 921. The van der Waals surface area contributed by atoms with Gasteiger partial charge in [-0.25, -0.2) is 24.1 Å². The van der Waals surface area contributed by atoms with Crippen LogP contribution in [0.2, 0.25) is 0 Å². The van der Waals surface area contributed by atoms with Gasteiger partial charge < -0.3 is 5.11 Å². The Hall–Kier alpha value is -3.09. The molecule has 122 valence electrons. The van der Waals surface area contributed by atoms with Crippen LogP contribution >= 0.6 is 0 Å². The molecular formula is C17H15FN4O2. The molecule has 0 fully saturated rings. The fourth-order valence-corrected chi connectivity index (χ4v) is 2.52. The van der Waals surface area contributed by atoms with E-state index in [0.29, 0.717) is 23.5 Å².